The van der Waals surface area contributed by atoms with Gasteiger partial charge < -0.3 is 5.73 Å². The molecule has 1 nitrogen and oxygen atoms in total. The molecule has 0 amide bonds. The van der Waals surface area contributed by atoms with Gasteiger partial charge in [-0.1, -0.05) is 47.5 Å². The largest absolute Gasteiger partial charge is 0.324 e. The van der Waals surface area contributed by atoms with E-state index in [0.717, 1.165) is 12.0 Å². The zero-order chi connectivity index (χ0) is 14.0. The Labute approximate surface area is 124 Å². The molecule has 2 aromatic rings. The molecule has 100 valence electrons. The minimum Gasteiger partial charge on any atom is -0.324 e. The van der Waals surface area contributed by atoms with Gasteiger partial charge in [-0.05, 0) is 54.7 Å². The monoisotopic (exact) mass is 293 g/mol. The van der Waals surface area contributed by atoms with Gasteiger partial charge in [0.25, 0.3) is 0 Å². The quantitative estimate of drug-likeness (QED) is 0.860. The molecule has 1 atom stereocenters. The van der Waals surface area contributed by atoms with E-state index in [9.17, 15) is 0 Å². The van der Waals surface area contributed by atoms with E-state index < -0.39 is 0 Å². The number of halogens is 2. The highest BCUT2D eigenvalue weighted by molar-refractivity contribution is 6.42. The molecule has 0 bridgehead atoms. The molecule has 2 aromatic carbocycles. The van der Waals surface area contributed by atoms with Crippen molar-refractivity contribution in [1.29, 1.82) is 0 Å². The lowest BCUT2D eigenvalue weighted by Crippen LogP contribution is -2.15. The van der Waals surface area contributed by atoms with Crippen LogP contribution in [0.5, 0.6) is 0 Å². The van der Waals surface area contributed by atoms with Crippen LogP contribution in [0.4, 0.5) is 0 Å². The molecule has 3 heteroatoms. The summed E-state index contributed by atoms with van der Waals surface area (Å²) in [7, 11) is 0. The minimum absolute atomic E-state index is 0.0304. The van der Waals surface area contributed by atoms with Crippen molar-refractivity contribution in [3.05, 3.63) is 68.7 Å². The van der Waals surface area contributed by atoms with E-state index in [1.807, 2.05) is 24.3 Å². The van der Waals surface area contributed by atoms with E-state index in [2.05, 4.69) is 26.0 Å². The highest BCUT2D eigenvalue weighted by Gasteiger charge is 2.11. The van der Waals surface area contributed by atoms with Crippen LogP contribution < -0.4 is 5.73 Å². The van der Waals surface area contributed by atoms with E-state index in [-0.39, 0.29) is 6.04 Å². The standard InChI is InChI=1S/C16H17Cl2N/c1-10-4-3-5-13(11(10)2)16(19)9-12-6-7-14(17)15(18)8-12/h3-8,16H,9,19H2,1-2H3. The second-order valence-electron chi connectivity index (χ2n) is 4.85. The second-order valence-corrected chi connectivity index (χ2v) is 5.66. The van der Waals surface area contributed by atoms with E-state index in [4.69, 9.17) is 28.9 Å². The Morgan fingerprint density at radius 3 is 2.47 bits per heavy atom. The molecule has 19 heavy (non-hydrogen) atoms. The first-order valence-electron chi connectivity index (χ1n) is 6.24. The average molecular weight is 294 g/mol. The minimum atomic E-state index is -0.0304. The molecule has 2 N–H and O–H groups in total. The third-order valence-electron chi connectivity index (χ3n) is 3.49. The van der Waals surface area contributed by atoms with E-state index >= 15 is 0 Å². The van der Waals surface area contributed by atoms with Crippen molar-refractivity contribution in [2.75, 3.05) is 0 Å². The van der Waals surface area contributed by atoms with Crippen LogP contribution in [0, 0.1) is 13.8 Å². The third-order valence-corrected chi connectivity index (χ3v) is 4.22. The van der Waals surface area contributed by atoms with Gasteiger partial charge in [0, 0.05) is 6.04 Å². The zero-order valence-electron chi connectivity index (χ0n) is 11.1. The molecular formula is C16H17Cl2N. The first-order chi connectivity index (χ1) is 8.99. The van der Waals surface area contributed by atoms with Crippen molar-refractivity contribution in [2.45, 2.75) is 26.3 Å². The number of hydrogen-bond donors (Lipinski definition) is 1. The molecule has 0 aliphatic rings. The summed E-state index contributed by atoms with van der Waals surface area (Å²) in [5, 5.41) is 1.15. The van der Waals surface area contributed by atoms with Gasteiger partial charge in [-0.25, -0.2) is 0 Å². The van der Waals surface area contributed by atoms with E-state index in [1.165, 1.54) is 16.7 Å². The van der Waals surface area contributed by atoms with Crippen LogP contribution in [0.25, 0.3) is 0 Å². The van der Waals surface area contributed by atoms with E-state index in [1.54, 1.807) is 0 Å². The van der Waals surface area contributed by atoms with Crippen LogP contribution in [-0.4, -0.2) is 0 Å². The Morgan fingerprint density at radius 2 is 1.79 bits per heavy atom. The molecule has 0 radical (unpaired) electrons. The number of benzene rings is 2. The summed E-state index contributed by atoms with van der Waals surface area (Å²) in [4.78, 5) is 0. The van der Waals surface area contributed by atoms with Gasteiger partial charge in [0.2, 0.25) is 0 Å². The molecule has 0 saturated heterocycles. The predicted molar refractivity (Wildman–Crippen MR) is 83.0 cm³/mol. The highest BCUT2D eigenvalue weighted by Crippen LogP contribution is 2.26. The number of hydrogen-bond acceptors (Lipinski definition) is 1. The maximum absolute atomic E-state index is 6.31. The van der Waals surface area contributed by atoms with Crippen molar-refractivity contribution in [2.24, 2.45) is 5.73 Å². The first-order valence-corrected chi connectivity index (χ1v) is 7.00. The normalized spacial score (nSPS) is 12.5. The fourth-order valence-corrected chi connectivity index (χ4v) is 2.53. The molecule has 0 saturated carbocycles. The summed E-state index contributed by atoms with van der Waals surface area (Å²) in [6.07, 6.45) is 0.751. The lowest BCUT2D eigenvalue weighted by atomic mass is 9.94. The van der Waals surface area contributed by atoms with Crippen molar-refractivity contribution in [3.63, 3.8) is 0 Å². The van der Waals surface area contributed by atoms with Crippen LogP contribution >= 0.6 is 23.2 Å². The fourth-order valence-electron chi connectivity index (χ4n) is 2.21. The summed E-state index contributed by atoms with van der Waals surface area (Å²) in [6.45, 7) is 4.21. The number of nitrogens with two attached hydrogens (primary N) is 1. The SMILES string of the molecule is Cc1cccc(C(N)Cc2ccc(Cl)c(Cl)c2)c1C. The van der Waals surface area contributed by atoms with Gasteiger partial charge in [0.1, 0.15) is 0 Å². The van der Waals surface area contributed by atoms with Crippen molar-refractivity contribution < 1.29 is 0 Å². The van der Waals surface area contributed by atoms with Crippen LogP contribution in [-0.2, 0) is 6.42 Å². The van der Waals surface area contributed by atoms with Gasteiger partial charge >= 0.3 is 0 Å². The van der Waals surface area contributed by atoms with Crippen molar-refractivity contribution in [1.82, 2.24) is 0 Å². The Kier molecular flexibility index (Phi) is 4.51. The Morgan fingerprint density at radius 1 is 1.05 bits per heavy atom. The molecule has 0 aliphatic heterocycles. The Balaban J connectivity index is 2.23. The first kappa shape index (κ1) is 14.4. The van der Waals surface area contributed by atoms with Crippen LogP contribution in [0.1, 0.15) is 28.3 Å². The molecule has 0 spiro atoms. The molecule has 2 rings (SSSR count). The maximum Gasteiger partial charge on any atom is 0.0595 e. The summed E-state index contributed by atoms with van der Waals surface area (Å²) in [5.41, 5.74) is 11.1. The maximum atomic E-state index is 6.31. The predicted octanol–water partition coefficient (Wildman–Crippen LogP) is 4.85. The highest BCUT2D eigenvalue weighted by atomic mass is 35.5. The number of aryl methyl sites for hydroxylation is 1. The van der Waals surface area contributed by atoms with Gasteiger partial charge in [0.15, 0.2) is 0 Å². The van der Waals surface area contributed by atoms with E-state index in [0.29, 0.717) is 10.0 Å². The van der Waals surface area contributed by atoms with Gasteiger partial charge in [0.05, 0.1) is 10.0 Å². The average Bonchev–Trinajstić information content (AvgIpc) is 2.37. The topological polar surface area (TPSA) is 26.0 Å². The molecule has 0 aliphatic carbocycles. The van der Waals surface area contributed by atoms with Crippen molar-refractivity contribution >= 4 is 23.2 Å². The van der Waals surface area contributed by atoms with Crippen LogP contribution in [0.3, 0.4) is 0 Å². The Bertz CT molecular complexity index is 593. The summed E-state index contributed by atoms with van der Waals surface area (Å²) in [6, 6.07) is 11.9. The molecule has 0 heterocycles. The lowest BCUT2D eigenvalue weighted by Gasteiger charge is -2.16. The van der Waals surface area contributed by atoms with Gasteiger partial charge in [-0.3, -0.25) is 0 Å². The van der Waals surface area contributed by atoms with Crippen molar-refractivity contribution in [3.8, 4) is 0 Å². The summed E-state index contributed by atoms with van der Waals surface area (Å²) >= 11 is 11.9. The smallest absolute Gasteiger partial charge is 0.0595 e. The molecule has 0 fully saturated rings. The summed E-state index contributed by atoms with van der Waals surface area (Å²) < 4.78 is 0. The van der Waals surface area contributed by atoms with Crippen LogP contribution in [0.15, 0.2) is 36.4 Å². The van der Waals surface area contributed by atoms with Crippen LogP contribution in [0.2, 0.25) is 10.0 Å². The molecular weight excluding hydrogens is 277 g/mol. The molecule has 1 unspecified atom stereocenters. The third kappa shape index (κ3) is 3.30. The van der Waals surface area contributed by atoms with Gasteiger partial charge in [-0.15, -0.1) is 0 Å². The molecule has 0 aromatic heterocycles. The lowest BCUT2D eigenvalue weighted by molar-refractivity contribution is 0.715. The fraction of sp³-hybridized carbons (Fsp3) is 0.250. The zero-order valence-corrected chi connectivity index (χ0v) is 12.6. The Hall–Kier alpha value is -1.02. The van der Waals surface area contributed by atoms with Gasteiger partial charge in [-0.2, -0.15) is 0 Å². The number of rotatable bonds is 3. The second kappa shape index (κ2) is 5.96. The summed E-state index contributed by atoms with van der Waals surface area (Å²) in [5.74, 6) is 0.